The molecule has 3 rings (SSSR count). The molecule has 7 heteroatoms. The summed E-state index contributed by atoms with van der Waals surface area (Å²) in [5.74, 6) is -1.55. The molecule has 0 N–H and O–H groups in total. The topological polar surface area (TPSA) is 46.6 Å². The molecule has 1 aromatic rings. The van der Waals surface area contributed by atoms with Crippen molar-refractivity contribution in [2.45, 2.75) is 31.5 Å². The van der Waals surface area contributed by atoms with E-state index in [9.17, 15) is 22.8 Å². The summed E-state index contributed by atoms with van der Waals surface area (Å²) in [5, 5.41) is 0. The van der Waals surface area contributed by atoms with Gasteiger partial charge >= 0.3 is 6.18 Å². The Bertz CT molecular complexity index is 608. The highest BCUT2D eigenvalue weighted by atomic mass is 19.4. The molecule has 2 aliphatic heterocycles. The second-order valence-corrected chi connectivity index (χ2v) is 5.48. The monoisotopic (exact) mass is 313 g/mol. The van der Waals surface area contributed by atoms with E-state index in [1.54, 1.807) is 0 Å². The first-order chi connectivity index (χ1) is 10.4. The van der Waals surface area contributed by atoms with Crippen LogP contribution in [0.1, 0.15) is 24.8 Å². The third-order valence-electron chi connectivity index (χ3n) is 4.03. The number of carbonyl (C=O) groups excluding carboxylic acids is 2. The quantitative estimate of drug-likeness (QED) is 0.789. The molecule has 2 fully saturated rings. The molecule has 118 valence electrons. The number of ether oxygens (including phenoxy) is 1. The van der Waals surface area contributed by atoms with Gasteiger partial charge in [0.25, 0.3) is 0 Å². The Labute approximate surface area is 124 Å². The maximum Gasteiger partial charge on any atom is 0.416 e. The van der Waals surface area contributed by atoms with E-state index in [-0.39, 0.29) is 18.2 Å². The summed E-state index contributed by atoms with van der Waals surface area (Å²) in [6.45, 7) is 0.548. The molecule has 0 saturated carbocycles. The van der Waals surface area contributed by atoms with E-state index in [1.165, 1.54) is 12.1 Å². The summed E-state index contributed by atoms with van der Waals surface area (Å²) in [4.78, 5) is 25.3. The van der Waals surface area contributed by atoms with Crippen LogP contribution in [0.4, 0.5) is 18.9 Å². The van der Waals surface area contributed by atoms with Crippen LogP contribution < -0.4 is 4.90 Å². The van der Waals surface area contributed by atoms with Crippen LogP contribution in [0.15, 0.2) is 24.3 Å². The van der Waals surface area contributed by atoms with Gasteiger partial charge in [-0.15, -0.1) is 0 Å². The number of imide groups is 1. The van der Waals surface area contributed by atoms with Gasteiger partial charge in [0.05, 0.1) is 23.3 Å². The molecule has 22 heavy (non-hydrogen) atoms. The minimum absolute atomic E-state index is 0.0141. The normalized spacial score (nSPS) is 26.0. The van der Waals surface area contributed by atoms with Crippen LogP contribution in [-0.4, -0.2) is 24.5 Å². The highest BCUT2D eigenvalue weighted by Gasteiger charge is 2.45. The molecule has 4 nitrogen and oxygen atoms in total. The molecule has 2 aliphatic rings. The Morgan fingerprint density at radius 2 is 2.00 bits per heavy atom. The Morgan fingerprint density at radius 3 is 2.64 bits per heavy atom. The number of nitrogens with zero attached hydrogens (tertiary/aromatic N) is 1. The second kappa shape index (κ2) is 5.39. The summed E-state index contributed by atoms with van der Waals surface area (Å²) in [7, 11) is 0. The van der Waals surface area contributed by atoms with E-state index in [0.717, 1.165) is 23.5 Å². The predicted octanol–water partition coefficient (Wildman–Crippen LogP) is 2.76. The van der Waals surface area contributed by atoms with Gasteiger partial charge in [0.1, 0.15) is 0 Å². The molecular weight excluding hydrogens is 299 g/mol. The van der Waals surface area contributed by atoms with Crippen molar-refractivity contribution in [3.05, 3.63) is 29.8 Å². The van der Waals surface area contributed by atoms with Gasteiger partial charge in [0, 0.05) is 13.0 Å². The lowest BCUT2D eigenvalue weighted by molar-refractivity contribution is -0.137. The van der Waals surface area contributed by atoms with E-state index in [4.69, 9.17) is 4.74 Å². The zero-order valence-corrected chi connectivity index (χ0v) is 11.6. The lowest BCUT2D eigenvalue weighted by Crippen LogP contribution is -2.33. The van der Waals surface area contributed by atoms with Gasteiger partial charge in [-0.3, -0.25) is 14.5 Å². The summed E-state index contributed by atoms with van der Waals surface area (Å²) < 4.78 is 43.7. The molecule has 2 saturated heterocycles. The zero-order chi connectivity index (χ0) is 15.9. The lowest BCUT2D eigenvalue weighted by Gasteiger charge is -2.18. The number of anilines is 1. The number of hydrogen-bond donors (Lipinski definition) is 0. The van der Waals surface area contributed by atoms with Crippen molar-refractivity contribution >= 4 is 17.5 Å². The fourth-order valence-electron chi connectivity index (χ4n) is 2.96. The van der Waals surface area contributed by atoms with E-state index < -0.39 is 29.5 Å². The van der Waals surface area contributed by atoms with Gasteiger partial charge in [-0.25, -0.2) is 0 Å². The van der Waals surface area contributed by atoms with Crippen LogP contribution in [0.5, 0.6) is 0 Å². The van der Waals surface area contributed by atoms with E-state index in [1.807, 2.05) is 0 Å². The first-order valence-corrected chi connectivity index (χ1v) is 7.03. The first-order valence-electron chi connectivity index (χ1n) is 7.03. The van der Waals surface area contributed by atoms with Crippen molar-refractivity contribution in [2.24, 2.45) is 5.92 Å². The largest absolute Gasteiger partial charge is 0.416 e. The summed E-state index contributed by atoms with van der Waals surface area (Å²) in [6.07, 6.45) is -3.32. The second-order valence-electron chi connectivity index (χ2n) is 5.48. The van der Waals surface area contributed by atoms with Crippen LogP contribution in [0.3, 0.4) is 0 Å². The van der Waals surface area contributed by atoms with Crippen molar-refractivity contribution in [1.82, 2.24) is 0 Å². The molecule has 0 bridgehead atoms. The predicted molar refractivity (Wildman–Crippen MR) is 71.0 cm³/mol. The number of benzene rings is 1. The van der Waals surface area contributed by atoms with Gasteiger partial charge in [-0.1, -0.05) is 6.07 Å². The first kappa shape index (κ1) is 15.0. The van der Waals surface area contributed by atoms with Gasteiger partial charge in [0.2, 0.25) is 11.8 Å². The average molecular weight is 313 g/mol. The molecule has 2 atom stereocenters. The van der Waals surface area contributed by atoms with Gasteiger partial charge in [-0.2, -0.15) is 13.2 Å². The van der Waals surface area contributed by atoms with Crippen molar-refractivity contribution in [2.75, 3.05) is 11.5 Å². The average Bonchev–Trinajstić information content (AvgIpc) is 3.06. The lowest BCUT2D eigenvalue weighted by atomic mass is 9.98. The van der Waals surface area contributed by atoms with Crippen LogP contribution >= 0.6 is 0 Å². The molecule has 2 amide bonds. The summed E-state index contributed by atoms with van der Waals surface area (Å²) in [5.41, 5.74) is -0.920. The van der Waals surface area contributed by atoms with Gasteiger partial charge < -0.3 is 4.74 Å². The minimum Gasteiger partial charge on any atom is -0.377 e. The SMILES string of the molecule is O=C1C[C@H]([C@@H]2CCCO2)C(=O)N1c1cccc(C(F)(F)F)c1. The maximum atomic E-state index is 12.8. The molecule has 0 unspecified atom stereocenters. The summed E-state index contributed by atoms with van der Waals surface area (Å²) >= 11 is 0. The van der Waals surface area contributed by atoms with Crippen LogP contribution in [0.25, 0.3) is 0 Å². The highest BCUT2D eigenvalue weighted by molar-refractivity contribution is 6.21. The Hall–Kier alpha value is -1.89. The number of carbonyl (C=O) groups is 2. The molecule has 1 aromatic carbocycles. The van der Waals surface area contributed by atoms with Gasteiger partial charge in [-0.05, 0) is 31.0 Å². The number of hydrogen-bond acceptors (Lipinski definition) is 3. The van der Waals surface area contributed by atoms with Crippen molar-refractivity contribution in [1.29, 1.82) is 0 Å². The fraction of sp³-hybridized carbons (Fsp3) is 0.467. The van der Waals surface area contributed by atoms with Crippen molar-refractivity contribution in [3.8, 4) is 0 Å². The summed E-state index contributed by atoms with van der Waals surface area (Å²) in [6, 6.07) is 4.26. The van der Waals surface area contributed by atoms with Crippen LogP contribution in [0.2, 0.25) is 0 Å². The zero-order valence-electron chi connectivity index (χ0n) is 11.6. The standard InChI is InChI=1S/C15H14F3NO3/c16-15(17,18)9-3-1-4-10(7-9)19-13(20)8-11(14(19)21)12-5-2-6-22-12/h1,3-4,7,11-12H,2,5-6,8H2/t11-,12+/m1/s1. The third-order valence-corrected chi connectivity index (χ3v) is 4.03. The van der Waals surface area contributed by atoms with Crippen LogP contribution in [-0.2, 0) is 20.5 Å². The minimum atomic E-state index is -4.52. The third kappa shape index (κ3) is 2.61. The number of alkyl halides is 3. The molecule has 0 aromatic heterocycles. The number of amides is 2. The molecule has 0 radical (unpaired) electrons. The van der Waals surface area contributed by atoms with Gasteiger partial charge in [0.15, 0.2) is 0 Å². The molecule has 0 aliphatic carbocycles. The molecular formula is C15H14F3NO3. The smallest absolute Gasteiger partial charge is 0.377 e. The van der Waals surface area contributed by atoms with E-state index in [2.05, 4.69) is 0 Å². The van der Waals surface area contributed by atoms with Crippen molar-refractivity contribution in [3.63, 3.8) is 0 Å². The molecule has 2 heterocycles. The van der Waals surface area contributed by atoms with E-state index in [0.29, 0.717) is 13.0 Å². The van der Waals surface area contributed by atoms with Crippen LogP contribution in [0, 0.1) is 5.92 Å². The maximum absolute atomic E-state index is 12.8. The van der Waals surface area contributed by atoms with E-state index >= 15 is 0 Å². The Morgan fingerprint density at radius 1 is 1.23 bits per heavy atom. The van der Waals surface area contributed by atoms with Crippen molar-refractivity contribution < 1.29 is 27.5 Å². The molecule has 0 spiro atoms. The Kier molecular flexibility index (Phi) is 3.68. The number of halogens is 3. The highest BCUT2D eigenvalue weighted by Crippen LogP contribution is 2.36. The Balaban J connectivity index is 1.88. The number of rotatable bonds is 2. The fourth-order valence-corrected chi connectivity index (χ4v) is 2.96.